The molecular weight excluding hydrogens is 474 g/mol. The molecule has 7 nitrogen and oxygen atoms in total. The molecule has 0 amide bonds. The van der Waals surface area contributed by atoms with Crippen LogP contribution in [0, 0.1) is 0 Å². The molecule has 2 aromatic carbocycles. The number of rotatable bonds is 6. The fourth-order valence-corrected chi connectivity index (χ4v) is 5.11. The van der Waals surface area contributed by atoms with E-state index < -0.39 is 0 Å². The Balaban J connectivity index is 0.00000124. The van der Waals surface area contributed by atoms with Crippen LogP contribution in [0.1, 0.15) is 13.8 Å². The van der Waals surface area contributed by atoms with E-state index in [0.29, 0.717) is 5.95 Å². The van der Waals surface area contributed by atoms with E-state index in [1.165, 1.54) is 0 Å². The van der Waals surface area contributed by atoms with Crippen LogP contribution in [-0.4, -0.2) is 25.1 Å². The third-order valence-electron chi connectivity index (χ3n) is 4.98. The number of hydrogen-bond donors (Lipinski definition) is 3. The highest BCUT2D eigenvalue weighted by Crippen LogP contribution is 2.32. The Kier molecular flexibility index (Phi) is 6.87. The van der Waals surface area contributed by atoms with Gasteiger partial charge in [0.05, 0.1) is 21.9 Å². The molecule has 6 rings (SSSR count). The molecule has 4 heterocycles. The van der Waals surface area contributed by atoms with Gasteiger partial charge in [-0.05, 0) is 60.0 Å². The van der Waals surface area contributed by atoms with E-state index in [1.54, 1.807) is 35.5 Å². The van der Waals surface area contributed by atoms with Crippen LogP contribution in [0.2, 0.25) is 0 Å². The van der Waals surface area contributed by atoms with Crippen LogP contribution in [0.15, 0.2) is 94.4 Å². The van der Waals surface area contributed by atoms with Crippen LogP contribution >= 0.6 is 23.1 Å². The van der Waals surface area contributed by atoms with Crippen LogP contribution in [0.4, 0.5) is 23.1 Å². The summed E-state index contributed by atoms with van der Waals surface area (Å²) in [4.78, 5) is 15.8. The van der Waals surface area contributed by atoms with Crippen molar-refractivity contribution in [2.45, 2.75) is 23.6 Å². The van der Waals surface area contributed by atoms with E-state index >= 15 is 0 Å². The van der Waals surface area contributed by atoms with E-state index in [2.05, 4.69) is 37.9 Å². The van der Waals surface area contributed by atoms with E-state index in [9.17, 15) is 0 Å². The molecule has 0 aliphatic rings. The normalized spacial score (nSPS) is 10.7. The lowest BCUT2D eigenvalue weighted by Gasteiger charge is -2.11. The lowest BCUT2D eigenvalue weighted by Crippen LogP contribution is -2.01. The smallest absolute Gasteiger partial charge is 0.229 e. The van der Waals surface area contributed by atoms with Gasteiger partial charge in [-0.2, -0.15) is 10.1 Å². The van der Waals surface area contributed by atoms with Gasteiger partial charge in [-0.25, -0.2) is 4.98 Å². The van der Waals surface area contributed by atoms with Gasteiger partial charge in [-0.15, -0.1) is 11.3 Å². The van der Waals surface area contributed by atoms with Crippen molar-refractivity contribution >= 4 is 67.4 Å². The Morgan fingerprint density at radius 1 is 0.857 bits per heavy atom. The number of hydrogen-bond acceptors (Lipinski definition) is 8. The second-order valence-corrected chi connectivity index (χ2v) is 9.33. The summed E-state index contributed by atoms with van der Waals surface area (Å²) >= 11 is 3.30. The highest BCUT2D eigenvalue weighted by atomic mass is 32.2. The lowest BCUT2D eigenvalue weighted by molar-refractivity contribution is 1.12. The zero-order valence-corrected chi connectivity index (χ0v) is 20.8. The number of nitrogens with zero attached hydrogens (tertiary/aromatic N) is 4. The summed E-state index contributed by atoms with van der Waals surface area (Å²) in [6, 6.07) is 20.3. The second-order valence-electron chi connectivity index (χ2n) is 7.27. The maximum Gasteiger partial charge on any atom is 0.229 e. The van der Waals surface area contributed by atoms with Crippen molar-refractivity contribution in [3.8, 4) is 0 Å². The third kappa shape index (κ3) is 5.26. The van der Waals surface area contributed by atoms with Crippen LogP contribution in [0.25, 0.3) is 21.1 Å². The second kappa shape index (κ2) is 10.5. The van der Waals surface area contributed by atoms with Gasteiger partial charge in [0, 0.05) is 38.9 Å². The molecule has 3 N–H and O–H groups in total. The highest BCUT2D eigenvalue weighted by molar-refractivity contribution is 7.99. The van der Waals surface area contributed by atoms with E-state index in [-0.39, 0.29) is 0 Å². The van der Waals surface area contributed by atoms with E-state index in [1.807, 2.05) is 74.0 Å². The van der Waals surface area contributed by atoms with Gasteiger partial charge in [-0.1, -0.05) is 31.7 Å². The van der Waals surface area contributed by atoms with Crippen molar-refractivity contribution < 1.29 is 0 Å². The average molecular weight is 498 g/mol. The van der Waals surface area contributed by atoms with Crippen molar-refractivity contribution in [2.75, 3.05) is 10.6 Å². The standard InChI is InChI=1S/C24H17N7S2.C2H6/c1-2-16(13-19(3-1)33-18-6-9-25-10-7-18)28-24-29-21-8-11-32-22(21)23(30-24)27-17-4-5-20-15(12-17)14-26-31-20;1-2/h1-14H,(H,26,31)(H2,27,28,29,30);1-2H3. The van der Waals surface area contributed by atoms with Crippen LogP contribution in [0.5, 0.6) is 0 Å². The zero-order chi connectivity index (χ0) is 24.0. The first-order chi connectivity index (χ1) is 17.3. The van der Waals surface area contributed by atoms with Crippen molar-refractivity contribution in [3.63, 3.8) is 0 Å². The topological polar surface area (TPSA) is 91.4 Å². The van der Waals surface area contributed by atoms with Gasteiger partial charge in [0.2, 0.25) is 5.95 Å². The summed E-state index contributed by atoms with van der Waals surface area (Å²) in [6.45, 7) is 4.00. The maximum atomic E-state index is 4.78. The molecule has 0 radical (unpaired) electrons. The molecule has 0 unspecified atom stereocenters. The lowest BCUT2D eigenvalue weighted by atomic mass is 10.2. The molecule has 174 valence electrons. The molecule has 0 aliphatic carbocycles. The minimum absolute atomic E-state index is 0.541. The van der Waals surface area contributed by atoms with E-state index in [0.717, 1.165) is 48.1 Å². The van der Waals surface area contributed by atoms with Crippen molar-refractivity contribution in [3.05, 3.63) is 84.6 Å². The molecule has 0 aliphatic heterocycles. The quantitative estimate of drug-likeness (QED) is 0.218. The SMILES string of the molecule is CC.c1cc(Nc2nc(Nc3ccc4[nH]ncc4c3)c3sccc3n2)cc(Sc2ccncc2)c1. The Labute approximate surface area is 211 Å². The Bertz CT molecular complexity index is 1560. The number of benzene rings is 2. The number of aromatic nitrogens is 5. The Morgan fingerprint density at radius 3 is 2.60 bits per heavy atom. The summed E-state index contributed by atoms with van der Waals surface area (Å²) in [7, 11) is 0. The molecule has 0 bridgehead atoms. The minimum Gasteiger partial charge on any atom is -0.339 e. The largest absolute Gasteiger partial charge is 0.339 e. The molecule has 0 saturated carbocycles. The van der Waals surface area contributed by atoms with E-state index in [4.69, 9.17) is 9.97 Å². The minimum atomic E-state index is 0.541. The van der Waals surface area contributed by atoms with Gasteiger partial charge in [-0.3, -0.25) is 10.1 Å². The summed E-state index contributed by atoms with van der Waals surface area (Å²) in [6.07, 6.45) is 5.41. The van der Waals surface area contributed by atoms with Gasteiger partial charge >= 0.3 is 0 Å². The van der Waals surface area contributed by atoms with Gasteiger partial charge < -0.3 is 10.6 Å². The number of H-pyrrole nitrogens is 1. The number of aromatic amines is 1. The van der Waals surface area contributed by atoms with Gasteiger partial charge in [0.25, 0.3) is 0 Å². The van der Waals surface area contributed by atoms with Crippen molar-refractivity contribution in [1.82, 2.24) is 25.1 Å². The van der Waals surface area contributed by atoms with Crippen molar-refractivity contribution in [2.24, 2.45) is 0 Å². The third-order valence-corrected chi connectivity index (χ3v) is 6.89. The van der Waals surface area contributed by atoms with Crippen LogP contribution in [-0.2, 0) is 0 Å². The monoisotopic (exact) mass is 497 g/mol. The van der Waals surface area contributed by atoms with Gasteiger partial charge in [0.1, 0.15) is 0 Å². The number of nitrogens with one attached hydrogen (secondary N) is 3. The molecule has 0 saturated heterocycles. The molecule has 6 aromatic rings. The predicted molar refractivity (Wildman–Crippen MR) is 146 cm³/mol. The molecule has 0 spiro atoms. The number of thiophene rings is 1. The first-order valence-electron chi connectivity index (χ1n) is 11.2. The van der Waals surface area contributed by atoms with Crippen LogP contribution in [0.3, 0.4) is 0 Å². The first-order valence-corrected chi connectivity index (χ1v) is 12.9. The fraction of sp³-hybridized carbons (Fsp3) is 0.0769. The molecule has 9 heteroatoms. The average Bonchev–Trinajstić information content (AvgIpc) is 3.55. The number of anilines is 4. The molecular formula is C26H23N7S2. The first kappa shape index (κ1) is 22.8. The molecule has 0 atom stereocenters. The number of pyridine rings is 1. The summed E-state index contributed by atoms with van der Waals surface area (Å²) < 4.78 is 1.01. The molecule has 35 heavy (non-hydrogen) atoms. The summed E-state index contributed by atoms with van der Waals surface area (Å²) in [5.41, 5.74) is 3.76. The molecule has 4 aromatic heterocycles. The fourth-order valence-electron chi connectivity index (χ4n) is 3.47. The summed E-state index contributed by atoms with van der Waals surface area (Å²) in [5.74, 6) is 1.31. The Morgan fingerprint density at radius 2 is 1.71 bits per heavy atom. The van der Waals surface area contributed by atoms with Gasteiger partial charge in [0.15, 0.2) is 5.82 Å². The molecule has 0 fully saturated rings. The highest BCUT2D eigenvalue weighted by Gasteiger charge is 2.11. The van der Waals surface area contributed by atoms with Crippen molar-refractivity contribution in [1.29, 1.82) is 0 Å². The van der Waals surface area contributed by atoms with Crippen LogP contribution < -0.4 is 10.6 Å². The number of fused-ring (bicyclic) bond motifs is 2. The zero-order valence-electron chi connectivity index (χ0n) is 19.2. The predicted octanol–water partition coefficient (Wildman–Crippen LogP) is 7.63. The Hall–Kier alpha value is -3.95. The summed E-state index contributed by atoms with van der Waals surface area (Å²) in [5, 5.41) is 17.0. The maximum absolute atomic E-state index is 4.78.